The van der Waals surface area contributed by atoms with E-state index in [-0.39, 0.29) is 51.2 Å². The monoisotopic (exact) mass is 770 g/mol. The Morgan fingerprint density at radius 3 is 1.37 bits per heavy atom. The second-order valence-corrected chi connectivity index (χ2v) is 15.4. The first-order chi connectivity index (χ1) is 24.3. The third kappa shape index (κ3) is 32.3. The number of thioether (sulfide) groups is 2. The predicted octanol–water partition coefficient (Wildman–Crippen LogP) is 0.602. The number of aliphatic hydroxyl groups is 2. The third-order valence-corrected chi connectivity index (χ3v) is 9.20. The van der Waals surface area contributed by atoms with E-state index in [1.54, 1.807) is 0 Å². The molecular formula is C33H66N6O10S2. The number of hydrogen-bond acceptors (Lipinski definition) is 16. The molecule has 6 N–H and O–H groups in total. The molecule has 0 aliphatic heterocycles. The molecule has 0 spiro atoms. The molecule has 0 aromatic heterocycles. The van der Waals surface area contributed by atoms with E-state index in [4.69, 9.17) is 18.9 Å². The summed E-state index contributed by atoms with van der Waals surface area (Å²) in [4.78, 5) is 52.1. The van der Waals surface area contributed by atoms with Crippen molar-refractivity contribution < 1.29 is 48.3 Å². The Balaban J connectivity index is 3.84. The third-order valence-electron chi connectivity index (χ3n) is 7.17. The molecule has 2 amide bonds. The Kier molecular flexibility index (Phi) is 30.2. The minimum atomic E-state index is -0.786. The highest BCUT2D eigenvalue weighted by atomic mass is 32.2. The fraction of sp³-hybridized carbons (Fsp3) is 0.879. The van der Waals surface area contributed by atoms with E-state index in [9.17, 15) is 29.4 Å². The Morgan fingerprint density at radius 2 is 1.00 bits per heavy atom. The van der Waals surface area contributed by atoms with E-state index < -0.39 is 29.8 Å². The average molecular weight is 771 g/mol. The molecule has 0 bridgehead atoms. The van der Waals surface area contributed by atoms with Gasteiger partial charge in [-0.05, 0) is 52.5 Å². The van der Waals surface area contributed by atoms with Crippen molar-refractivity contribution in [3.05, 3.63) is 0 Å². The highest BCUT2D eigenvalue weighted by Crippen LogP contribution is 2.18. The lowest BCUT2D eigenvalue weighted by atomic mass is 9.96. The van der Waals surface area contributed by atoms with Crippen molar-refractivity contribution in [3.8, 4) is 0 Å². The Hall–Kier alpha value is -2.06. The lowest BCUT2D eigenvalue weighted by molar-refractivity contribution is -0.152. The molecule has 2 unspecified atom stereocenters. The van der Waals surface area contributed by atoms with Crippen LogP contribution in [-0.4, -0.2) is 186 Å². The van der Waals surface area contributed by atoms with Crippen molar-refractivity contribution in [2.75, 3.05) is 130 Å². The normalized spacial score (nSPS) is 12.7. The number of alkyl carbamates (subject to hydrolysis) is 2. The molecule has 0 aliphatic carbocycles. The van der Waals surface area contributed by atoms with Crippen molar-refractivity contribution >= 4 is 47.6 Å². The van der Waals surface area contributed by atoms with Crippen molar-refractivity contribution in [1.82, 2.24) is 31.1 Å². The summed E-state index contributed by atoms with van der Waals surface area (Å²) in [6.07, 6.45) is -1.44. The van der Waals surface area contributed by atoms with Gasteiger partial charge in [0.1, 0.15) is 13.2 Å². The molecule has 0 heterocycles. The molecular weight excluding hydrogens is 705 g/mol. The zero-order chi connectivity index (χ0) is 38.3. The molecule has 0 saturated carbocycles. The predicted molar refractivity (Wildman–Crippen MR) is 202 cm³/mol. The van der Waals surface area contributed by atoms with E-state index in [1.807, 2.05) is 42.0 Å². The summed E-state index contributed by atoms with van der Waals surface area (Å²) in [6, 6.07) is 0. The largest absolute Gasteiger partial charge is 0.465 e. The van der Waals surface area contributed by atoms with Gasteiger partial charge in [0.15, 0.2) is 0 Å². The lowest BCUT2D eigenvalue weighted by Crippen LogP contribution is -2.36. The minimum absolute atomic E-state index is 0.0954. The standard InChI is InChI=1S/C33H66N6O10S2/c1-33(2,25-48-29(42)9-21-50-19-7-27(40)23-46-31(44)36-13-17-38(5)15-11-34-3)26-49-30(43)10-22-51-20-8-28(41)24-47-32(45)37-14-18-39(6)16-12-35-4/h27-28,34-35,40-41H,7-26H2,1-6H3,(H,36,44)(H,37,45). The summed E-state index contributed by atoms with van der Waals surface area (Å²) in [6.45, 7) is 9.46. The zero-order valence-electron chi connectivity index (χ0n) is 31.7. The zero-order valence-corrected chi connectivity index (χ0v) is 33.3. The number of nitrogens with one attached hydrogen (secondary N) is 4. The van der Waals surface area contributed by atoms with Crippen LogP contribution in [0.2, 0.25) is 0 Å². The van der Waals surface area contributed by atoms with Gasteiger partial charge in [-0.15, -0.1) is 0 Å². The van der Waals surface area contributed by atoms with Crippen LogP contribution in [0.25, 0.3) is 0 Å². The maximum Gasteiger partial charge on any atom is 0.407 e. The van der Waals surface area contributed by atoms with Gasteiger partial charge in [-0.2, -0.15) is 23.5 Å². The Labute approximate surface area is 313 Å². The van der Waals surface area contributed by atoms with Crippen LogP contribution in [0, 0.1) is 5.41 Å². The van der Waals surface area contributed by atoms with Crippen molar-refractivity contribution in [1.29, 1.82) is 0 Å². The quantitative estimate of drug-likeness (QED) is 0.0316. The molecule has 0 aromatic rings. The average Bonchev–Trinajstić information content (AvgIpc) is 3.09. The maximum atomic E-state index is 12.2. The number of nitrogens with zero attached hydrogens (tertiary/aromatic N) is 2. The summed E-state index contributed by atoms with van der Waals surface area (Å²) >= 11 is 3.00. The summed E-state index contributed by atoms with van der Waals surface area (Å²) in [7, 11) is 7.70. The van der Waals surface area contributed by atoms with E-state index in [1.165, 1.54) is 23.5 Å². The van der Waals surface area contributed by atoms with Crippen LogP contribution in [0.4, 0.5) is 9.59 Å². The van der Waals surface area contributed by atoms with Gasteiger partial charge in [0.25, 0.3) is 0 Å². The maximum absolute atomic E-state index is 12.2. The van der Waals surface area contributed by atoms with Crippen LogP contribution in [0.3, 0.4) is 0 Å². The number of carbonyl (C=O) groups excluding carboxylic acids is 4. The summed E-state index contributed by atoms with van der Waals surface area (Å²) in [5, 5.41) is 31.6. The van der Waals surface area contributed by atoms with Crippen LogP contribution in [0.15, 0.2) is 0 Å². The number of amides is 2. The first-order valence-corrected chi connectivity index (χ1v) is 19.9. The number of likely N-dealkylation sites (N-methyl/N-ethyl adjacent to an activating group) is 4. The smallest absolute Gasteiger partial charge is 0.407 e. The second kappa shape index (κ2) is 31.5. The molecule has 0 saturated heterocycles. The Bertz CT molecular complexity index is 871. The molecule has 0 aliphatic rings. The number of esters is 2. The van der Waals surface area contributed by atoms with E-state index in [0.717, 1.165) is 26.2 Å². The van der Waals surface area contributed by atoms with E-state index in [0.29, 0.717) is 62.0 Å². The molecule has 16 nitrogen and oxygen atoms in total. The number of hydrogen-bond donors (Lipinski definition) is 6. The highest BCUT2D eigenvalue weighted by Gasteiger charge is 2.23. The first kappa shape index (κ1) is 48.9. The minimum Gasteiger partial charge on any atom is -0.465 e. The molecule has 0 radical (unpaired) electrons. The number of rotatable bonds is 32. The van der Waals surface area contributed by atoms with Gasteiger partial charge in [-0.1, -0.05) is 13.8 Å². The van der Waals surface area contributed by atoms with Gasteiger partial charge in [-0.3, -0.25) is 9.59 Å². The van der Waals surface area contributed by atoms with Gasteiger partial charge in [0.05, 0.1) is 38.3 Å². The molecule has 0 aromatic carbocycles. The van der Waals surface area contributed by atoms with Crippen LogP contribution < -0.4 is 21.3 Å². The number of aliphatic hydroxyl groups excluding tert-OH is 2. The SMILES string of the molecule is CNCCN(C)CCNC(=O)OCC(O)CCSCCC(=O)OCC(C)(C)COC(=O)CCSCCC(O)COC(=O)NCCN(C)CCNC. The van der Waals surface area contributed by atoms with Crippen molar-refractivity contribution in [2.24, 2.45) is 5.41 Å². The lowest BCUT2D eigenvalue weighted by Gasteiger charge is -2.23. The first-order valence-electron chi connectivity index (χ1n) is 17.6. The van der Waals surface area contributed by atoms with Crippen LogP contribution >= 0.6 is 23.5 Å². The van der Waals surface area contributed by atoms with Crippen LogP contribution in [0.1, 0.15) is 39.5 Å². The van der Waals surface area contributed by atoms with E-state index >= 15 is 0 Å². The Morgan fingerprint density at radius 1 is 0.627 bits per heavy atom. The van der Waals surface area contributed by atoms with Crippen molar-refractivity contribution in [3.63, 3.8) is 0 Å². The fourth-order valence-corrected chi connectivity index (χ4v) is 5.74. The van der Waals surface area contributed by atoms with Gasteiger partial charge in [0.2, 0.25) is 0 Å². The fourth-order valence-electron chi connectivity index (χ4n) is 3.83. The topological polar surface area (TPSA) is 200 Å². The molecule has 51 heavy (non-hydrogen) atoms. The number of carbonyl (C=O) groups is 4. The van der Waals surface area contributed by atoms with Crippen molar-refractivity contribution in [2.45, 2.75) is 51.7 Å². The van der Waals surface area contributed by atoms with Gasteiger partial charge < -0.3 is 60.2 Å². The van der Waals surface area contributed by atoms with Gasteiger partial charge in [-0.25, -0.2) is 9.59 Å². The van der Waals surface area contributed by atoms with E-state index in [2.05, 4.69) is 31.1 Å². The molecule has 2 atom stereocenters. The molecule has 0 fully saturated rings. The summed E-state index contributed by atoms with van der Waals surface area (Å²) < 4.78 is 20.9. The number of ether oxygens (including phenoxy) is 4. The van der Waals surface area contributed by atoms with Crippen LogP contribution in [-0.2, 0) is 28.5 Å². The molecule has 300 valence electrons. The van der Waals surface area contributed by atoms with Crippen LogP contribution in [0.5, 0.6) is 0 Å². The second-order valence-electron chi connectivity index (χ2n) is 13.0. The highest BCUT2D eigenvalue weighted by molar-refractivity contribution is 7.99. The molecule has 0 rings (SSSR count). The summed E-state index contributed by atoms with van der Waals surface area (Å²) in [5.41, 5.74) is -0.552. The van der Waals surface area contributed by atoms with Gasteiger partial charge >= 0.3 is 24.1 Å². The van der Waals surface area contributed by atoms with Gasteiger partial charge in [0, 0.05) is 69.3 Å². The molecule has 18 heteroatoms. The summed E-state index contributed by atoms with van der Waals surface area (Å²) in [5.74, 6) is 1.53.